The van der Waals surface area contributed by atoms with E-state index in [2.05, 4.69) is 5.32 Å². The summed E-state index contributed by atoms with van der Waals surface area (Å²) < 4.78 is 26.8. The summed E-state index contributed by atoms with van der Waals surface area (Å²) in [6, 6.07) is 0.148. The van der Waals surface area contributed by atoms with E-state index in [9.17, 15) is 50.4 Å². The van der Waals surface area contributed by atoms with Crippen LogP contribution in [0.15, 0.2) is 6.07 Å². The molecule has 1 saturated carbocycles. The number of nitrogens with one attached hydrogen (secondary N) is 1. The van der Waals surface area contributed by atoms with Gasteiger partial charge in [0.15, 0.2) is 17.8 Å². The van der Waals surface area contributed by atoms with Crippen LogP contribution in [0, 0.1) is 0 Å². The van der Waals surface area contributed by atoms with Crippen molar-refractivity contribution in [1.29, 1.82) is 0 Å². The third-order valence-corrected chi connectivity index (χ3v) is 7.63. The van der Waals surface area contributed by atoms with Crippen LogP contribution < -0.4 is 14.8 Å². The Bertz CT molecular complexity index is 1150. The number of aliphatic hydroxyl groups is 7. The molecule has 5 rings (SSSR count). The van der Waals surface area contributed by atoms with Crippen molar-refractivity contribution in [3.05, 3.63) is 17.2 Å². The molecule has 0 bridgehead atoms. The Morgan fingerprint density at radius 1 is 1.05 bits per heavy atom. The van der Waals surface area contributed by atoms with Gasteiger partial charge in [-0.3, -0.25) is 9.59 Å². The van der Waals surface area contributed by atoms with Crippen LogP contribution in [-0.2, 0) is 19.0 Å². The fraction of sp³-hybridized carbons (Fsp3) is 0.667. The van der Waals surface area contributed by atoms with Crippen LogP contribution in [0.4, 0.5) is 0 Å². The quantitative estimate of drug-likeness (QED) is 0.147. The number of hydrogen-bond donors (Lipinski definition) is 9. The summed E-state index contributed by atoms with van der Waals surface area (Å²) in [6.07, 6.45) is -16.0. The number of carbonyl (C=O) groups is 2. The van der Waals surface area contributed by atoms with E-state index in [0.29, 0.717) is 0 Å². The van der Waals surface area contributed by atoms with Crippen LogP contribution in [-0.4, -0.2) is 133 Å². The summed E-state index contributed by atoms with van der Waals surface area (Å²) in [4.78, 5) is 25.8. The molecule has 0 aromatic heterocycles. The second-order valence-electron chi connectivity index (χ2n) is 10.2. The SMILES string of the molecule is CC(CC(=O)O[C@H]1[C@H](O)[C@@H](O)[C@@H](O)[C@@H]2NC(=O)c3c(cc4c(c3O)OCO4)[C@H]21)O[C@@H]1O[C@H](CO)[C@@H](O)[C@H](O)[C@H]1O. The van der Waals surface area contributed by atoms with E-state index in [0.717, 1.165) is 0 Å². The van der Waals surface area contributed by atoms with E-state index in [1.807, 2.05) is 0 Å². The molecule has 3 aliphatic heterocycles. The van der Waals surface area contributed by atoms with E-state index in [4.69, 9.17) is 23.7 Å². The smallest absolute Gasteiger partial charge is 0.308 e. The number of carbonyl (C=O) groups excluding carboxylic acids is 2. The summed E-state index contributed by atoms with van der Waals surface area (Å²) >= 11 is 0. The molecule has 1 saturated heterocycles. The predicted octanol–water partition coefficient (Wildman–Crippen LogP) is -4.08. The fourth-order valence-electron chi connectivity index (χ4n) is 5.59. The van der Waals surface area contributed by atoms with Crippen LogP contribution in [0.25, 0.3) is 0 Å². The van der Waals surface area contributed by atoms with Gasteiger partial charge in [0, 0.05) is 5.92 Å². The summed E-state index contributed by atoms with van der Waals surface area (Å²) in [7, 11) is 0. The summed E-state index contributed by atoms with van der Waals surface area (Å²) in [5, 5.41) is 84.4. The number of hydrogen-bond acceptors (Lipinski definition) is 15. The highest BCUT2D eigenvalue weighted by molar-refractivity contribution is 6.01. The Hall–Kier alpha value is -2.80. The topological polar surface area (TPSA) is 254 Å². The van der Waals surface area contributed by atoms with E-state index < -0.39 is 104 Å². The molecular weight excluding hydrogens is 542 g/mol. The normalized spacial score (nSPS) is 39.1. The molecule has 0 spiro atoms. The van der Waals surface area contributed by atoms with Gasteiger partial charge < -0.3 is 69.9 Å². The van der Waals surface area contributed by atoms with Crippen LogP contribution in [0.2, 0.25) is 0 Å². The number of aliphatic hydroxyl groups excluding tert-OH is 7. The van der Waals surface area contributed by atoms with Gasteiger partial charge in [0.1, 0.15) is 48.8 Å². The van der Waals surface area contributed by atoms with Crippen LogP contribution >= 0.6 is 0 Å². The van der Waals surface area contributed by atoms with Crippen molar-refractivity contribution in [3.63, 3.8) is 0 Å². The molecule has 9 N–H and O–H groups in total. The minimum absolute atomic E-state index is 0.0722. The lowest BCUT2D eigenvalue weighted by Gasteiger charge is -2.48. The molecule has 3 heterocycles. The maximum Gasteiger partial charge on any atom is 0.308 e. The van der Waals surface area contributed by atoms with Gasteiger partial charge >= 0.3 is 5.97 Å². The van der Waals surface area contributed by atoms with E-state index in [-0.39, 0.29) is 29.4 Å². The first-order chi connectivity index (χ1) is 18.9. The number of rotatable bonds is 6. The van der Waals surface area contributed by atoms with E-state index >= 15 is 0 Å². The van der Waals surface area contributed by atoms with Gasteiger partial charge in [-0.2, -0.15) is 0 Å². The molecule has 12 atom stereocenters. The summed E-state index contributed by atoms with van der Waals surface area (Å²) in [6.45, 7) is 0.512. The van der Waals surface area contributed by atoms with Crippen molar-refractivity contribution in [2.45, 2.75) is 86.5 Å². The van der Waals surface area contributed by atoms with Crippen LogP contribution in [0.3, 0.4) is 0 Å². The minimum atomic E-state index is -1.81. The van der Waals surface area contributed by atoms with Gasteiger partial charge in [0.05, 0.1) is 30.7 Å². The van der Waals surface area contributed by atoms with Crippen molar-refractivity contribution in [3.8, 4) is 17.2 Å². The lowest BCUT2D eigenvalue weighted by Crippen LogP contribution is -2.67. The Labute approximate surface area is 226 Å². The van der Waals surface area contributed by atoms with E-state index in [1.54, 1.807) is 0 Å². The van der Waals surface area contributed by atoms with Gasteiger partial charge in [-0.15, -0.1) is 0 Å². The highest BCUT2D eigenvalue weighted by Crippen LogP contribution is 2.50. The first-order valence-corrected chi connectivity index (χ1v) is 12.6. The highest BCUT2D eigenvalue weighted by atomic mass is 16.7. The predicted molar refractivity (Wildman–Crippen MR) is 125 cm³/mol. The molecule has 1 aromatic rings. The zero-order valence-corrected chi connectivity index (χ0v) is 21.1. The first kappa shape index (κ1) is 28.7. The number of aromatic hydroxyl groups is 1. The second kappa shape index (κ2) is 10.9. The zero-order chi connectivity index (χ0) is 29.0. The summed E-state index contributed by atoms with van der Waals surface area (Å²) in [5.74, 6) is -3.40. The van der Waals surface area contributed by atoms with Crippen molar-refractivity contribution in [1.82, 2.24) is 5.32 Å². The highest BCUT2D eigenvalue weighted by Gasteiger charge is 2.56. The lowest BCUT2D eigenvalue weighted by molar-refractivity contribution is -0.310. The molecule has 40 heavy (non-hydrogen) atoms. The maximum absolute atomic E-state index is 12.9. The van der Waals surface area contributed by atoms with Crippen molar-refractivity contribution in [2.24, 2.45) is 0 Å². The van der Waals surface area contributed by atoms with Crippen molar-refractivity contribution >= 4 is 11.9 Å². The minimum Gasteiger partial charge on any atom is -0.504 e. The van der Waals surface area contributed by atoms with Crippen LogP contribution in [0.1, 0.15) is 35.2 Å². The fourth-order valence-corrected chi connectivity index (χ4v) is 5.59. The average Bonchev–Trinajstić information content (AvgIpc) is 3.39. The number of phenols is 1. The van der Waals surface area contributed by atoms with Gasteiger partial charge in [-0.05, 0) is 18.6 Å². The standard InChI is InChI=1S/C24H31NO15/c1-6(38-24-20(34)17(31)14(28)9(4-26)39-24)2-10(27)40-22-11-7-3-8-21(37-5-36-8)15(29)12(7)23(35)25-13(11)16(30)18(32)19(22)33/h3,6,9,11,13-14,16-20,22,24,26,28-34H,2,4-5H2,1H3,(H,25,35)/t6?,9-,11-,13-,14-,16+,17+,18+,19-,20-,22-,24-/m1/s1. The Balaban J connectivity index is 1.35. The molecule has 222 valence electrons. The molecule has 4 aliphatic rings. The largest absolute Gasteiger partial charge is 0.504 e. The average molecular weight is 574 g/mol. The lowest BCUT2D eigenvalue weighted by atomic mass is 9.70. The number of amides is 1. The number of fused-ring (bicyclic) bond motifs is 4. The molecule has 1 unspecified atom stereocenters. The first-order valence-electron chi connectivity index (χ1n) is 12.6. The molecule has 1 aromatic carbocycles. The molecule has 1 aliphatic carbocycles. The van der Waals surface area contributed by atoms with Crippen LogP contribution in [0.5, 0.6) is 17.2 Å². The molecule has 2 fully saturated rings. The summed E-state index contributed by atoms with van der Waals surface area (Å²) in [5.41, 5.74) is -0.148. The number of benzene rings is 1. The van der Waals surface area contributed by atoms with Gasteiger partial charge in [0.2, 0.25) is 12.5 Å². The van der Waals surface area contributed by atoms with E-state index in [1.165, 1.54) is 13.0 Å². The van der Waals surface area contributed by atoms with Crippen molar-refractivity contribution < 1.29 is 74.1 Å². The molecule has 0 radical (unpaired) electrons. The monoisotopic (exact) mass is 573 g/mol. The molecular formula is C24H31NO15. The Morgan fingerprint density at radius 3 is 2.45 bits per heavy atom. The molecule has 16 heteroatoms. The molecule has 16 nitrogen and oxygen atoms in total. The molecule has 1 amide bonds. The van der Waals surface area contributed by atoms with Gasteiger partial charge in [-0.1, -0.05) is 0 Å². The maximum atomic E-state index is 12.9. The third-order valence-electron chi connectivity index (χ3n) is 7.63. The number of phenolic OH excluding ortho intramolecular Hbond substituents is 1. The Kier molecular flexibility index (Phi) is 7.81. The van der Waals surface area contributed by atoms with Gasteiger partial charge in [0.25, 0.3) is 5.91 Å². The van der Waals surface area contributed by atoms with Gasteiger partial charge in [-0.25, -0.2) is 0 Å². The van der Waals surface area contributed by atoms with Crippen molar-refractivity contribution in [2.75, 3.05) is 13.4 Å². The second-order valence-corrected chi connectivity index (χ2v) is 10.2. The third kappa shape index (κ3) is 4.74. The zero-order valence-electron chi connectivity index (χ0n) is 21.1. The number of esters is 1. The Morgan fingerprint density at radius 2 is 1.75 bits per heavy atom. The number of ether oxygens (including phenoxy) is 5.